The number of sulfonamides is 1. The predicted octanol–water partition coefficient (Wildman–Crippen LogP) is 0.550. The zero-order chi connectivity index (χ0) is 12.9. The fourth-order valence-electron chi connectivity index (χ4n) is 1.21. The quantitative estimate of drug-likeness (QED) is 0.771. The Hall–Kier alpha value is -0.980. The third-order valence-corrected chi connectivity index (χ3v) is 4.35. The van der Waals surface area contributed by atoms with Gasteiger partial charge in [-0.1, -0.05) is 5.21 Å². The van der Waals surface area contributed by atoms with Gasteiger partial charge in [-0.2, -0.15) is 5.26 Å². The monoisotopic (exact) mass is 321 g/mol. The van der Waals surface area contributed by atoms with E-state index in [4.69, 9.17) is 5.26 Å². The van der Waals surface area contributed by atoms with Crippen LogP contribution in [0.15, 0.2) is 9.63 Å². The highest BCUT2D eigenvalue weighted by atomic mass is 79.9. The molecule has 0 aliphatic heterocycles. The Balaban J connectivity index is 2.62. The second kappa shape index (κ2) is 6.09. The summed E-state index contributed by atoms with van der Waals surface area (Å²) in [5.74, 6) is 0. The fraction of sp³-hybridized carbons (Fsp3) is 0.625. The summed E-state index contributed by atoms with van der Waals surface area (Å²) in [6.07, 6.45) is 1.72. The molecular weight excluding hydrogens is 310 g/mol. The molecule has 0 aromatic carbocycles. The molecule has 0 unspecified atom stereocenters. The van der Waals surface area contributed by atoms with E-state index in [0.717, 1.165) is 0 Å². The van der Waals surface area contributed by atoms with Crippen LogP contribution in [0, 0.1) is 11.3 Å². The Morgan fingerprint density at radius 2 is 2.24 bits per heavy atom. The lowest BCUT2D eigenvalue weighted by Gasteiger charge is -2.05. The summed E-state index contributed by atoms with van der Waals surface area (Å²) >= 11 is 3.03. The molecule has 0 aliphatic rings. The van der Waals surface area contributed by atoms with Crippen LogP contribution in [0.1, 0.15) is 19.3 Å². The van der Waals surface area contributed by atoms with Gasteiger partial charge in [0, 0.05) is 20.0 Å². The number of nitrogens with one attached hydrogen (secondary N) is 1. The summed E-state index contributed by atoms with van der Waals surface area (Å²) in [4.78, 5) is 0. The maximum atomic E-state index is 11.9. The molecule has 9 heteroatoms. The van der Waals surface area contributed by atoms with E-state index < -0.39 is 10.0 Å². The third kappa shape index (κ3) is 3.76. The normalized spacial score (nSPS) is 11.4. The van der Waals surface area contributed by atoms with Crippen LogP contribution in [-0.4, -0.2) is 30.0 Å². The molecule has 0 saturated carbocycles. The van der Waals surface area contributed by atoms with Crippen LogP contribution in [0.2, 0.25) is 0 Å². The molecule has 1 aromatic heterocycles. The van der Waals surface area contributed by atoms with Crippen molar-refractivity contribution in [3.05, 3.63) is 4.60 Å². The Morgan fingerprint density at radius 3 is 2.76 bits per heavy atom. The molecule has 1 rings (SSSR count). The smallest absolute Gasteiger partial charge is 0.235 e. The van der Waals surface area contributed by atoms with Gasteiger partial charge in [-0.25, -0.2) is 17.8 Å². The van der Waals surface area contributed by atoms with Gasteiger partial charge in [0.05, 0.1) is 6.07 Å². The van der Waals surface area contributed by atoms with Crippen molar-refractivity contribution >= 4 is 26.0 Å². The summed E-state index contributed by atoms with van der Waals surface area (Å²) in [5, 5.41) is 15.5. The van der Waals surface area contributed by atoms with Gasteiger partial charge >= 0.3 is 0 Å². The molecular formula is C8H12BrN5O2S. The lowest BCUT2D eigenvalue weighted by atomic mass is 10.2. The van der Waals surface area contributed by atoms with E-state index >= 15 is 0 Å². The van der Waals surface area contributed by atoms with Crippen LogP contribution in [0.25, 0.3) is 0 Å². The number of hydrogen-bond donors (Lipinski definition) is 1. The number of aryl methyl sites for hydroxylation is 1. The molecule has 1 aromatic rings. The van der Waals surface area contributed by atoms with Crippen molar-refractivity contribution < 1.29 is 8.42 Å². The first-order valence-electron chi connectivity index (χ1n) is 4.91. The molecule has 0 aliphatic carbocycles. The molecule has 0 saturated heterocycles. The first-order valence-corrected chi connectivity index (χ1v) is 7.18. The molecule has 0 radical (unpaired) electrons. The molecule has 0 amide bonds. The molecule has 0 spiro atoms. The van der Waals surface area contributed by atoms with E-state index in [1.54, 1.807) is 0 Å². The van der Waals surface area contributed by atoms with Gasteiger partial charge in [-0.05, 0) is 28.8 Å². The number of nitriles is 1. The molecule has 0 bridgehead atoms. The van der Waals surface area contributed by atoms with Crippen LogP contribution in [0.3, 0.4) is 0 Å². The van der Waals surface area contributed by atoms with Gasteiger partial charge in [-0.15, -0.1) is 5.10 Å². The fourth-order valence-corrected chi connectivity index (χ4v) is 3.38. The topological polar surface area (TPSA) is 101 Å². The highest BCUT2D eigenvalue weighted by Gasteiger charge is 2.22. The lowest BCUT2D eigenvalue weighted by molar-refractivity contribution is 0.557. The van der Waals surface area contributed by atoms with Crippen molar-refractivity contribution in [2.75, 3.05) is 6.54 Å². The number of aromatic nitrogens is 3. The van der Waals surface area contributed by atoms with Crippen molar-refractivity contribution in [3.63, 3.8) is 0 Å². The van der Waals surface area contributed by atoms with Crippen molar-refractivity contribution in [1.82, 2.24) is 19.7 Å². The van der Waals surface area contributed by atoms with Crippen LogP contribution in [0.4, 0.5) is 0 Å². The van der Waals surface area contributed by atoms with Crippen LogP contribution in [-0.2, 0) is 17.1 Å². The maximum absolute atomic E-state index is 11.9. The second-order valence-electron chi connectivity index (χ2n) is 3.32. The highest BCUT2D eigenvalue weighted by molar-refractivity contribution is 9.10. The summed E-state index contributed by atoms with van der Waals surface area (Å²) in [6, 6.07) is 2.00. The predicted molar refractivity (Wildman–Crippen MR) is 63.4 cm³/mol. The van der Waals surface area contributed by atoms with E-state index in [1.165, 1.54) is 11.7 Å². The number of nitrogens with zero attached hydrogens (tertiary/aromatic N) is 4. The maximum Gasteiger partial charge on any atom is 0.260 e. The van der Waals surface area contributed by atoms with Crippen molar-refractivity contribution in [1.29, 1.82) is 5.26 Å². The Bertz CT molecular complexity index is 499. The minimum absolute atomic E-state index is 0.00205. The first-order chi connectivity index (χ1) is 7.99. The minimum Gasteiger partial charge on any atom is -0.235 e. The molecule has 7 nitrogen and oxygen atoms in total. The largest absolute Gasteiger partial charge is 0.260 e. The Morgan fingerprint density at radius 1 is 1.53 bits per heavy atom. The standard InChI is InChI=1S/C8H12BrN5O2S/c1-14-8(7(9)12-13-14)17(15,16)11-6-4-2-3-5-10/h11H,2-4,6H2,1H3. The molecule has 0 fully saturated rings. The summed E-state index contributed by atoms with van der Waals surface area (Å²) in [7, 11) is -2.11. The minimum atomic E-state index is -3.61. The number of rotatable bonds is 6. The van der Waals surface area contributed by atoms with Gasteiger partial charge in [-0.3, -0.25) is 0 Å². The summed E-state index contributed by atoms with van der Waals surface area (Å²) in [5.41, 5.74) is 0. The Kier molecular flexibility index (Phi) is 5.04. The molecule has 1 heterocycles. The highest BCUT2D eigenvalue weighted by Crippen LogP contribution is 2.17. The van der Waals surface area contributed by atoms with E-state index in [0.29, 0.717) is 25.8 Å². The van der Waals surface area contributed by atoms with E-state index in [9.17, 15) is 8.42 Å². The molecule has 94 valence electrons. The molecule has 1 N–H and O–H groups in total. The van der Waals surface area contributed by atoms with Crippen LogP contribution in [0.5, 0.6) is 0 Å². The average molecular weight is 322 g/mol. The third-order valence-electron chi connectivity index (χ3n) is 2.00. The van der Waals surface area contributed by atoms with Crippen molar-refractivity contribution in [3.8, 4) is 6.07 Å². The summed E-state index contributed by atoms with van der Waals surface area (Å²) < 4.78 is 27.5. The van der Waals surface area contributed by atoms with Gasteiger partial charge in [0.15, 0.2) is 4.60 Å². The average Bonchev–Trinajstić information content (AvgIpc) is 2.58. The number of halogens is 1. The van der Waals surface area contributed by atoms with E-state index in [-0.39, 0.29) is 9.63 Å². The molecule has 17 heavy (non-hydrogen) atoms. The van der Waals surface area contributed by atoms with Gasteiger partial charge in [0.1, 0.15) is 0 Å². The van der Waals surface area contributed by atoms with E-state index in [1.807, 2.05) is 6.07 Å². The zero-order valence-electron chi connectivity index (χ0n) is 9.22. The second-order valence-corrected chi connectivity index (χ2v) is 5.76. The number of hydrogen-bond acceptors (Lipinski definition) is 5. The molecule has 0 atom stereocenters. The number of unbranched alkanes of at least 4 members (excludes halogenated alkanes) is 2. The van der Waals surface area contributed by atoms with Gasteiger partial charge in [0.2, 0.25) is 5.03 Å². The van der Waals surface area contributed by atoms with E-state index in [2.05, 4.69) is 31.0 Å². The van der Waals surface area contributed by atoms with Crippen LogP contribution >= 0.6 is 15.9 Å². The van der Waals surface area contributed by atoms with Gasteiger partial charge < -0.3 is 0 Å². The lowest BCUT2D eigenvalue weighted by Crippen LogP contribution is -2.27. The van der Waals surface area contributed by atoms with Crippen LogP contribution < -0.4 is 4.72 Å². The van der Waals surface area contributed by atoms with Crippen molar-refractivity contribution in [2.45, 2.75) is 24.3 Å². The van der Waals surface area contributed by atoms with Crippen molar-refractivity contribution in [2.24, 2.45) is 7.05 Å². The van der Waals surface area contributed by atoms with Gasteiger partial charge in [0.25, 0.3) is 10.0 Å². The SMILES string of the molecule is Cn1nnc(Br)c1S(=O)(=O)NCCCCC#N. The Labute approximate surface area is 108 Å². The zero-order valence-corrected chi connectivity index (χ0v) is 11.6. The first kappa shape index (κ1) is 14.1. The summed E-state index contributed by atoms with van der Waals surface area (Å²) in [6.45, 7) is 0.293.